The van der Waals surface area contributed by atoms with E-state index in [-0.39, 0.29) is 11.5 Å². The van der Waals surface area contributed by atoms with Crippen LogP contribution in [0.5, 0.6) is 5.75 Å². The van der Waals surface area contributed by atoms with Crippen LogP contribution >= 0.6 is 0 Å². The molecule has 174 valence electrons. The van der Waals surface area contributed by atoms with Gasteiger partial charge in [-0.2, -0.15) is 0 Å². The van der Waals surface area contributed by atoms with Crippen molar-refractivity contribution in [2.24, 2.45) is 0 Å². The van der Waals surface area contributed by atoms with E-state index in [1.807, 2.05) is 81.4 Å². The highest BCUT2D eigenvalue weighted by molar-refractivity contribution is 6.23. The first-order chi connectivity index (χ1) is 16.4. The molecule has 0 saturated carbocycles. The average molecular weight is 457 g/mol. The maximum absolute atomic E-state index is 13.6. The number of hydrogen-bond acceptors (Lipinski definition) is 4. The van der Waals surface area contributed by atoms with Crippen molar-refractivity contribution in [3.8, 4) is 11.4 Å². The summed E-state index contributed by atoms with van der Waals surface area (Å²) in [6, 6.07) is 19.3. The molecule has 2 heterocycles. The van der Waals surface area contributed by atoms with Crippen LogP contribution < -0.4 is 9.64 Å². The Morgan fingerprint density at radius 3 is 2.26 bits per heavy atom. The molecular weight excluding hydrogens is 428 g/mol. The molecule has 34 heavy (non-hydrogen) atoms. The number of amides is 1. The number of ether oxygens (including phenoxy) is 2. The van der Waals surface area contributed by atoms with Crippen molar-refractivity contribution >= 4 is 23.6 Å². The summed E-state index contributed by atoms with van der Waals surface area (Å²) in [7, 11) is 1.32. The summed E-state index contributed by atoms with van der Waals surface area (Å²) in [5.41, 5.74) is 5.69. The normalized spacial score (nSPS) is 14.8. The standard InChI is InChI=1S/C28H28N2O4/c1-6-34-24-14-12-23(13-15-24)30-20(4)26(28(32)33-5)25(27(30)31)17-21-16-18(2)29(19(21)3)22-10-8-7-9-11-22/h7-17H,6H2,1-5H3/b25-17+. The Bertz CT molecular complexity index is 1300. The highest BCUT2D eigenvalue weighted by atomic mass is 16.5. The van der Waals surface area contributed by atoms with E-state index in [0.29, 0.717) is 23.6 Å². The van der Waals surface area contributed by atoms with Gasteiger partial charge in [0.05, 0.1) is 24.9 Å². The van der Waals surface area contributed by atoms with Crippen LogP contribution in [0.2, 0.25) is 0 Å². The minimum absolute atomic E-state index is 0.269. The Balaban J connectivity index is 1.80. The van der Waals surface area contributed by atoms with Crippen molar-refractivity contribution in [3.05, 3.63) is 94.5 Å². The van der Waals surface area contributed by atoms with E-state index in [9.17, 15) is 9.59 Å². The van der Waals surface area contributed by atoms with Gasteiger partial charge in [-0.05, 0) is 81.8 Å². The van der Waals surface area contributed by atoms with Crippen molar-refractivity contribution in [2.75, 3.05) is 18.6 Å². The number of esters is 1. The highest BCUT2D eigenvalue weighted by Crippen LogP contribution is 2.36. The summed E-state index contributed by atoms with van der Waals surface area (Å²) in [6.07, 6.45) is 1.79. The van der Waals surface area contributed by atoms with Gasteiger partial charge in [-0.1, -0.05) is 18.2 Å². The maximum atomic E-state index is 13.6. The Morgan fingerprint density at radius 1 is 0.971 bits per heavy atom. The molecule has 4 rings (SSSR count). The number of rotatable bonds is 6. The second-order valence-electron chi connectivity index (χ2n) is 8.07. The summed E-state index contributed by atoms with van der Waals surface area (Å²) in [5.74, 6) is -0.0918. The van der Waals surface area contributed by atoms with Crippen molar-refractivity contribution < 1.29 is 19.1 Å². The lowest BCUT2D eigenvalue weighted by molar-refractivity contribution is -0.136. The van der Waals surface area contributed by atoms with E-state index in [1.54, 1.807) is 17.9 Å². The van der Waals surface area contributed by atoms with Gasteiger partial charge < -0.3 is 14.0 Å². The second-order valence-corrected chi connectivity index (χ2v) is 8.07. The largest absolute Gasteiger partial charge is 0.494 e. The van der Waals surface area contributed by atoms with Crippen molar-refractivity contribution in [1.82, 2.24) is 4.57 Å². The van der Waals surface area contributed by atoms with Crippen LogP contribution in [-0.2, 0) is 14.3 Å². The number of hydrogen-bond donors (Lipinski definition) is 0. The predicted molar refractivity (Wildman–Crippen MR) is 133 cm³/mol. The van der Waals surface area contributed by atoms with Gasteiger partial charge >= 0.3 is 5.97 Å². The molecule has 6 heteroatoms. The Hall–Kier alpha value is -4.06. The molecule has 0 aliphatic carbocycles. The molecule has 0 spiro atoms. The monoisotopic (exact) mass is 456 g/mol. The van der Waals surface area contributed by atoms with Crippen LogP contribution in [0.25, 0.3) is 11.8 Å². The molecule has 0 fully saturated rings. The first-order valence-electron chi connectivity index (χ1n) is 11.2. The maximum Gasteiger partial charge on any atom is 0.340 e. The summed E-state index contributed by atoms with van der Waals surface area (Å²) < 4.78 is 12.7. The zero-order valence-electron chi connectivity index (χ0n) is 20.1. The fourth-order valence-electron chi connectivity index (χ4n) is 4.41. The molecular formula is C28H28N2O4. The van der Waals surface area contributed by atoms with Crippen LogP contribution in [0.3, 0.4) is 0 Å². The summed E-state index contributed by atoms with van der Waals surface area (Å²) in [4.78, 5) is 27.9. The summed E-state index contributed by atoms with van der Waals surface area (Å²) in [5, 5.41) is 0. The number of methoxy groups -OCH3 is 1. The van der Waals surface area contributed by atoms with E-state index >= 15 is 0 Å². The van der Waals surface area contributed by atoms with Gasteiger partial charge in [-0.25, -0.2) is 4.79 Å². The topological polar surface area (TPSA) is 60.8 Å². The second kappa shape index (κ2) is 9.43. The minimum Gasteiger partial charge on any atom is -0.494 e. The first kappa shape index (κ1) is 23.1. The van der Waals surface area contributed by atoms with Crippen molar-refractivity contribution in [3.63, 3.8) is 0 Å². The molecule has 6 nitrogen and oxygen atoms in total. The molecule has 0 N–H and O–H groups in total. The van der Waals surface area contributed by atoms with Gasteiger partial charge in [-0.15, -0.1) is 0 Å². The molecule has 0 bridgehead atoms. The molecule has 1 aliphatic rings. The fourth-order valence-corrected chi connectivity index (χ4v) is 4.41. The fraction of sp³-hybridized carbons (Fsp3) is 0.214. The predicted octanol–water partition coefficient (Wildman–Crippen LogP) is 5.37. The average Bonchev–Trinajstić information content (AvgIpc) is 3.26. The smallest absolute Gasteiger partial charge is 0.340 e. The van der Waals surface area contributed by atoms with Gasteiger partial charge in [0.15, 0.2) is 0 Å². The molecule has 0 saturated heterocycles. The molecule has 1 amide bonds. The van der Waals surface area contributed by atoms with E-state index in [2.05, 4.69) is 4.57 Å². The van der Waals surface area contributed by atoms with Crippen LogP contribution in [0.1, 0.15) is 30.8 Å². The quantitative estimate of drug-likeness (QED) is 0.370. The molecule has 3 aromatic rings. The minimum atomic E-state index is -0.539. The van der Waals surface area contributed by atoms with Crippen LogP contribution in [0.4, 0.5) is 5.69 Å². The number of aryl methyl sites for hydroxylation is 1. The van der Waals surface area contributed by atoms with E-state index in [4.69, 9.17) is 9.47 Å². The first-order valence-corrected chi connectivity index (χ1v) is 11.2. The van der Waals surface area contributed by atoms with Gasteiger partial charge in [0.25, 0.3) is 5.91 Å². The van der Waals surface area contributed by atoms with Crippen molar-refractivity contribution in [2.45, 2.75) is 27.7 Å². The van der Waals surface area contributed by atoms with Gasteiger partial charge in [-0.3, -0.25) is 9.69 Å². The number of carbonyl (C=O) groups excluding carboxylic acids is 2. The van der Waals surface area contributed by atoms with E-state index < -0.39 is 5.97 Å². The Kier molecular flexibility index (Phi) is 6.41. The lowest BCUT2D eigenvalue weighted by Crippen LogP contribution is -2.24. The molecule has 0 unspecified atom stereocenters. The lowest BCUT2D eigenvalue weighted by Gasteiger charge is -2.18. The van der Waals surface area contributed by atoms with Crippen molar-refractivity contribution in [1.29, 1.82) is 0 Å². The van der Waals surface area contributed by atoms with Crippen LogP contribution in [0, 0.1) is 13.8 Å². The third-order valence-corrected chi connectivity index (χ3v) is 5.98. The zero-order valence-corrected chi connectivity index (χ0v) is 20.1. The van der Waals surface area contributed by atoms with E-state index in [0.717, 1.165) is 28.4 Å². The lowest BCUT2D eigenvalue weighted by atomic mass is 10.0. The third-order valence-electron chi connectivity index (χ3n) is 5.98. The highest BCUT2D eigenvalue weighted by Gasteiger charge is 2.38. The van der Waals surface area contributed by atoms with Crippen LogP contribution in [-0.4, -0.2) is 30.2 Å². The van der Waals surface area contributed by atoms with Crippen LogP contribution in [0.15, 0.2) is 77.5 Å². The SMILES string of the molecule is CCOc1ccc(N2C(=O)/C(=C/c3cc(C)n(-c4ccccc4)c3C)C(C(=O)OC)=C2C)cc1. The molecule has 0 atom stereocenters. The number of allylic oxidation sites excluding steroid dienone is 1. The number of nitrogens with zero attached hydrogens (tertiary/aromatic N) is 2. The third kappa shape index (κ3) is 4.03. The number of aromatic nitrogens is 1. The van der Waals surface area contributed by atoms with Gasteiger partial charge in [0, 0.05) is 28.5 Å². The number of anilines is 1. The van der Waals surface area contributed by atoms with Gasteiger partial charge in [0.2, 0.25) is 0 Å². The molecule has 1 aromatic heterocycles. The molecule has 1 aliphatic heterocycles. The Morgan fingerprint density at radius 2 is 1.65 bits per heavy atom. The summed E-state index contributed by atoms with van der Waals surface area (Å²) >= 11 is 0. The molecule has 0 radical (unpaired) electrons. The molecule has 2 aromatic carbocycles. The zero-order chi connectivity index (χ0) is 24.4. The number of benzene rings is 2. The van der Waals surface area contributed by atoms with Gasteiger partial charge in [0.1, 0.15) is 5.75 Å². The number of para-hydroxylation sites is 1. The number of carbonyl (C=O) groups is 2. The van der Waals surface area contributed by atoms with E-state index in [1.165, 1.54) is 7.11 Å². The Labute approximate surface area is 199 Å². The summed E-state index contributed by atoms with van der Waals surface area (Å²) in [6.45, 7) is 8.26.